The van der Waals surface area contributed by atoms with E-state index in [1.807, 2.05) is 27.7 Å². The van der Waals surface area contributed by atoms with Crippen LogP contribution in [0.2, 0.25) is 0 Å². The van der Waals surface area contributed by atoms with Crippen molar-refractivity contribution in [1.29, 1.82) is 0 Å². The third-order valence-electron chi connectivity index (χ3n) is 5.30. The predicted molar refractivity (Wildman–Crippen MR) is 131 cm³/mol. The lowest BCUT2D eigenvalue weighted by Crippen LogP contribution is -2.19. The number of carbonyl (C=O) groups is 2. The number of amides is 2. The van der Waals surface area contributed by atoms with Gasteiger partial charge in [-0.1, -0.05) is 35.4 Å². The second-order valence-electron chi connectivity index (χ2n) is 8.42. The van der Waals surface area contributed by atoms with Gasteiger partial charge in [-0.2, -0.15) is 10.2 Å². The van der Waals surface area contributed by atoms with Crippen LogP contribution in [0.4, 0.5) is 0 Å². The van der Waals surface area contributed by atoms with Crippen molar-refractivity contribution in [3.8, 4) is 0 Å². The fraction of sp³-hybridized carbons (Fsp3) is 0.385. The van der Waals surface area contributed by atoms with Crippen LogP contribution >= 0.6 is 0 Å². The average molecular weight is 435 g/mol. The molecule has 2 aromatic carbocycles. The molecule has 32 heavy (non-hydrogen) atoms. The smallest absolute Gasteiger partial charge is 0.240 e. The summed E-state index contributed by atoms with van der Waals surface area (Å²) in [6, 6.07) is 8.37. The minimum absolute atomic E-state index is 0.160. The van der Waals surface area contributed by atoms with Gasteiger partial charge in [0.25, 0.3) is 0 Å². The molecule has 2 amide bonds. The molecule has 0 bridgehead atoms. The zero-order chi connectivity index (χ0) is 23.7. The molecule has 0 aliphatic carbocycles. The molecule has 0 radical (unpaired) electrons. The molecule has 2 aromatic rings. The number of carbonyl (C=O) groups excluding carboxylic acids is 2. The fourth-order valence-electron chi connectivity index (χ4n) is 3.81. The van der Waals surface area contributed by atoms with E-state index in [4.69, 9.17) is 0 Å². The van der Waals surface area contributed by atoms with Crippen molar-refractivity contribution < 1.29 is 9.59 Å². The Morgan fingerprint density at radius 2 is 0.969 bits per heavy atom. The highest BCUT2D eigenvalue weighted by Gasteiger charge is 2.05. The first-order chi connectivity index (χ1) is 15.2. The molecule has 6 nitrogen and oxygen atoms in total. The molecule has 0 heterocycles. The van der Waals surface area contributed by atoms with Crippen LogP contribution in [0.3, 0.4) is 0 Å². The van der Waals surface area contributed by atoms with Crippen molar-refractivity contribution >= 4 is 24.2 Å². The molecule has 0 aliphatic rings. The first kappa shape index (κ1) is 25.0. The van der Waals surface area contributed by atoms with Gasteiger partial charge in [0.1, 0.15) is 0 Å². The molecule has 0 saturated heterocycles. The van der Waals surface area contributed by atoms with Crippen molar-refractivity contribution in [2.45, 2.75) is 67.2 Å². The Hall–Kier alpha value is -3.28. The van der Waals surface area contributed by atoms with Crippen LogP contribution in [0, 0.1) is 41.5 Å². The summed E-state index contributed by atoms with van der Waals surface area (Å²) in [4.78, 5) is 23.9. The molecule has 0 unspecified atom stereocenters. The molecule has 2 N–H and O–H groups in total. The van der Waals surface area contributed by atoms with Gasteiger partial charge in [0.05, 0.1) is 12.4 Å². The van der Waals surface area contributed by atoms with Crippen molar-refractivity contribution in [3.63, 3.8) is 0 Å². The lowest BCUT2D eigenvalue weighted by atomic mass is 10.0. The summed E-state index contributed by atoms with van der Waals surface area (Å²) in [5, 5.41) is 8.15. The van der Waals surface area contributed by atoms with Crippen LogP contribution in [0.15, 0.2) is 34.5 Å². The van der Waals surface area contributed by atoms with Gasteiger partial charge in [-0.05, 0) is 76.6 Å². The van der Waals surface area contributed by atoms with Crippen LogP contribution < -0.4 is 10.9 Å². The molecule has 0 spiro atoms. The summed E-state index contributed by atoms with van der Waals surface area (Å²) < 4.78 is 0. The highest BCUT2D eigenvalue weighted by Crippen LogP contribution is 2.15. The minimum atomic E-state index is -0.160. The van der Waals surface area contributed by atoms with Gasteiger partial charge < -0.3 is 0 Å². The number of hydrazone groups is 2. The van der Waals surface area contributed by atoms with Crippen LogP contribution in [0.25, 0.3) is 0 Å². The average Bonchev–Trinajstić information content (AvgIpc) is 2.69. The number of nitrogens with zero attached hydrogens (tertiary/aromatic N) is 2. The Bertz CT molecular complexity index is 909. The maximum atomic E-state index is 12.0. The van der Waals surface area contributed by atoms with Gasteiger partial charge in [0.15, 0.2) is 0 Å². The van der Waals surface area contributed by atoms with Crippen LogP contribution in [-0.4, -0.2) is 24.2 Å². The van der Waals surface area contributed by atoms with Crippen molar-refractivity contribution in [2.75, 3.05) is 0 Å². The van der Waals surface area contributed by atoms with E-state index >= 15 is 0 Å². The van der Waals surface area contributed by atoms with E-state index in [1.165, 1.54) is 11.1 Å². The zero-order valence-electron chi connectivity index (χ0n) is 20.0. The zero-order valence-corrected chi connectivity index (χ0v) is 20.0. The third kappa shape index (κ3) is 7.76. The molecular weight excluding hydrogens is 400 g/mol. The second-order valence-corrected chi connectivity index (χ2v) is 8.42. The predicted octanol–water partition coefficient (Wildman–Crippen LogP) is 4.70. The number of nitrogens with one attached hydrogen (secondary N) is 2. The van der Waals surface area contributed by atoms with E-state index in [9.17, 15) is 9.59 Å². The Kier molecular flexibility index (Phi) is 9.32. The molecular formula is C26H34N4O2. The standard InChI is InChI=1S/C26H34N4O2/c1-17-11-19(3)23(20(4)12-17)15-27-29-25(31)9-7-8-10-26(32)30-28-16-24-21(5)13-18(2)14-22(24)6/h11-16H,7-10H2,1-6H3,(H,29,31)(H,30,32). The van der Waals surface area contributed by atoms with Crippen molar-refractivity contribution in [2.24, 2.45) is 10.2 Å². The lowest BCUT2D eigenvalue weighted by molar-refractivity contribution is -0.123. The SMILES string of the molecule is Cc1cc(C)c(C=NNC(=O)CCCCC(=O)NN=Cc2c(C)cc(C)cc2C)c(C)c1. The molecule has 0 saturated carbocycles. The highest BCUT2D eigenvalue weighted by molar-refractivity contribution is 5.86. The number of aryl methyl sites for hydroxylation is 6. The summed E-state index contributed by atoms with van der Waals surface area (Å²) in [6.45, 7) is 12.2. The van der Waals surface area contributed by atoms with Crippen molar-refractivity contribution in [3.05, 3.63) is 68.8 Å². The van der Waals surface area contributed by atoms with E-state index in [1.54, 1.807) is 12.4 Å². The first-order valence-corrected chi connectivity index (χ1v) is 11.0. The van der Waals surface area contributed by atoms with E-state index in [2.05, 4.69) is 59.2 Å². The molecule has 0 aliphatic heterocycles. The molecule has 0 atom stereocenters. The van der Waals surface area contributed by atoms with Gasteiger partial charge in [-0.15, -0.1) is 0 Å². The molecule has 6 heteroatoms. The molecule has 0 fully saturated rings. The van der Waals surface area contributed by atoms with E-state index in [0.717, 1.165) is 33.4 Å². The first-order valence-electron chi connectivity index (χ1n) is 11.0. The fourth-order valence-corrected chi connectivity index (χ4v) is 3.81. The summed E-state index contributed by atoms with van der Waals surface area (Å²) in [6.07, 6.45) is 5.23. The number of rotatable bonds is 9. The van der Waals surface area contributed by atoms with Gasteiger partial charge in [0, 0.05) is 24.0 Å². The Labute approximate surface area is 191 Å². The van der Waals surface area contributed by atoms with Gasteiger partial charge in [0.2, 0.25) is 11.8 Å². The van der Waals surface area contributed by atoms with Crippen LogP contribution in [-0.2, 0) is 9.59 Å². The maximum Gasteiger partial charge on any atom is 0.240 e. The molecule has 2 rings (SSSR count). The largest absolute Gasteiger partial charge is 0.273 e. The third-order valence-corrected chi connectivity index (χ3v) is 5.30. The summed E-state index contributed by atoms with van der Waals surface area (Å²) in [5.41, 5.74) is 14.1. The lowest BCUT2D eigenvalue weighted by Gasteiger charge is -2.07. The monoisotopic (exact) mass is 434 g/mol. The van der Waals surface area contributed by atoms with E-state index in [-0.39, 0.29) is 11.8 Å². The summed E-state index contributed by atoms with van der Waals surface area (Å²) in [5.74, 6) is -0.320. The Balaban J connectivity index is 1.69. The highest BCUT2D eigenvalue weighted by atomic mass is 16.2. The normalized spacial score (nSPS) is 11.3. The van der Waals surface area contributed by atoms with Crippen LogP contribution in [0.1, 0.15) is 70.2 Å². The Morgan fingerprint density at radius 1 is 0.656 bits per heavy atom. The van der Waals surface area contributed by atoms with Crippen molar-refractivity contribution in [1.82, 2.24) is 10.9 Å². The number of hydrogen-bond acceptors (Lipinski definition) is 4. The summed E-state index contributed by atoms with van der Waals surface area (Å²) in [7, 11) is 0. The Morgan fingerprint density at radius 3 is 1.28 bits per heavy atom. The second kappa shape index (κ2) is 11.9. The minimum Gasteiger partial charge on any atom is -0.273 e. The quantitative estimate of drug-likeness (QED) is 0.341. The van der Waals surface area contributed by atoms with Gasteiger partial charge >= 0.3 is 0 Å². The number of hydrogen-bond donors (Lipinski definition) is 2. The van der Waals surface area contributed by atoms with Gasteiger partial charge in [-0.3, -0.25) is 9.59 Å². The summed E-state index contributed by atoms with van der Waals surface area (Å²) >= 11 is 0. The maximum absolute atomic E-state index is 12.0. The molecule has 170 valence electrons. The van der Waals surface area contributed by atoms with Gasteiger partial charge in [-0.25, -0.2) is 10.9 Å². The number of benzene rings is 2. The topological polar surface area (TPSA) is 82.9 Å². The van der Waals surface area contributed by atoms with Crippen LogP contribution in [0.5, 0.6) is 0 Å². The molecule has 0 aromatic heterocycles. The van der Waals surface area contributed by atoms with E-state index in [0.29, 0.717) is 25.7 Å². The number of unbranched alkanes of at least 4 members (excludes halogenated alkanes) is 1. The van der Waals surface area contributed by atoms with E-state index < -0.39 is 0 Å².